The number of rotatable bonds is 4. The van der Waals surface area contributed by atoms with E-state index in [4.69, 9.17) is 0 Å². The van der Waals surface area contributed by atoms with Gasteiger partial charge in [-0.3, -0.25) is 4.79 Å². The second-order valence-corrected chi connectivity index (χ2v) is 6.70. The van der Waals surface area contributed by atoms with E-state index in [9.17, 15) is 9.59 Å². The third-order valence-corrected chi connectivity index (χ3v) is 5.16. The molecule has 0 aromatic rings. The number of ketones is 2. The van der Waals surface area contributed by atoms with Crippen molar-refractivity contribution < 1.29 is 9.59 Å². The molecule has 0 saturated heterocycles. The maximum Gasteiger partial charge on any atom is 0.136 e. The van der Waals surface area contributed by atoms with E-state index in [-0.39, 0.29) is 17.1 Å². The highest BCUT2D eigenvalue weighted by atomic mass is 16.1. The molecule has 17 heavy (non-hydrogen) atoms. The van der Waals surface area contributed by atoms with Crippen molar-refractivity contribution in [2.45, 2.75) is 53.4 Å². The zero-order valence-corrected chi connectivity index (χ0v) is 11.5. The minimum Gasteiger partial charge on any atom is -0.300 e. The van der Waals surface area contributed by atoms with E-state index in [1.54, 1.807) is 6.92 Å². The Labute approximate surface area is 104 Å². The van der Waals surface area contributed by atoms with E-state index in [1.165, 1.54) is 0 Å². The highest BCUT2D eigenvalue weighted by Gasteiger charge is 2.62. The normalized spacial score (nSPS) is 39.4. The molecule has 0 amide bonds. The topological polar surface area (TPSA) is 34.1 Å². The second kappa shape index (κ2) is 4.22. The average molecular weight is 236 g/mol. The first-order valence-corrected chi connectivity index (χ1v) is 6.88. The first kappa shape index (κ1) is 12.8. The van der Waals surface area contributed by atoms with Crippen molar-refractivity contribution in [2.75, 3.05) is 0 Å². The van der Waals surface area contributed by atoms with E-state index >= 15 is 0 Å². The van der Waals surface area contributed by atoms with Crippen LogP contribution in [0.15, 0.2) is 0 Å². The SMILES string of the molecule is CC(=O)CC[C@H]1[C@@H]([C@@H]2C(=O)CC[C@H]2C)C1(C)C. The van der Waals surface area contributed by atoms with Gasteiger partial charge in [0, 0.05) is 18.8 Å². The molecule has 2 aliphatic carbocycles. The fourth-order valence-corrected chi connectivity index (χ4v) is 4.00. The van der Waals surface area contributed by atoms with Crippen molar-refractivity contribution in [3.8, 4) is 0 Å². The van der Waals surface area contributed by atoms with E-state index in [0.29, 0.717) is 30.0 Å². The second-order valence-electron chi connectivity index (χ2n) is 6.70. The summed E-state index contributed by atoms with van der Waals surface area (Å²) in [5.41, 5.74) is 0.272. The Morgan fingerprint density at radius 2 is 2.06 bits per heavy atom. The van der Waals surface area contributed by atoms with Crippen LogP contribution in [0.25, 0.3) is 0 Å². The molecule has 2 rings (SSSR count). The summed E-state index contributed by atoms with van der Waals surface area (Å²) in [6, 6.07) is 0. The largest absolute Gasteiger partial charge is 0.300 e. The van der Waals surface area contributed by atoms with Gasteiger partial charge in [-0.25, -0.2) is 0 Å². The molecule has 0 N–H and O–H groups in total. The van der Waals surface area contributed by atoms with Crippen LogP contribution in [-0.4, -0.2) is 11.6 Å². The maximum atomic E-state index is 12.0. The van der Waals surface area contributed by atoms with Crippen molar-refractivity contribution in [2.24, 2.45) is 29.1 Å². The highest BCUT2D eigenvalue weighted by molar-refractivity contribution is 5.84. The molecule has 0 unspecified atom stereocenters. The van der Waals surface area contributed by atoms with Gasteiger partial charge in [0.05, 0.1) is 0 Å². The molecule has 2 heteroatoms. The lowest BCUT2D eigenvalue weighted by molar-refractivity contribution is -0.122. The van der Waals surface area contributed by atoms with Crippen molar-refractivity contribution in [3.05, 3.63) is 0 Å². The third kappa shape index (κ3) is 2.19. The number of hydrogen-bond acceptors (Lipinski definition) is 2. The van der Waals surface area contributed by atoms with Crippen LogP contribution in [0.1, 0.15) is 53.4 Å². The van der Waals surface area contributed by atoms with Crippen LogP contribution < -0.4 is 0 Å². The fraction of sp³-hybridized carbons (Fsp3) is 0.867. The molecule has 2 aliphatic rings. The molecule has 0 spiro atoms. The highest BCUT2D eigenvalue weighted by Crippen LogP contribution is 2.66. The molecule has 2 fully saturated rings. The summed E-state index contributed by atoms with van der Waals surface area (Å²) >= 11 is 0. The summed E-state index contributed by atoms with van der Waals surface area (Å²) in [5.74, 6) is 2.70. The number of Topliss-reactive ketones (excluding diaryl/α,β-unsaturated/α-hetero) is 2. The Bertz CT molecular complexity index is 343. The van der Waals surface area contributed by atoms with Crippen LogP contribution >= 0.6 is 0 Å². The zero-order chi connectivity index (χ0) is 12.8. The Morgan fingerprint density at radius 3 is 2.53 bits per heavy atom. The van der Waals surface area contributed by atoms with Crippen LogP contribution in [-0.2, 0) is 9.59 Å². The lowest BCUT2D eigenvalue weighted by Crippen LogP contribution is -2.18. The van der Waals surface area contributed by atoms with E-state index in [1.807, 2.05) is 0 Å². The van der Waals surface area contributed by atoms with Crippen LogP contribution in [0.3, 0.4) is 0 Å². The first-order valence-electron chi connectivity index (χ1n) is 6.88. The molecule has 4 atom stereocenters. The van der Waals surface area contributed by atoms with Crippen molar-refractivity contribution in [3.63, 3.8) is 0 Å². The minimum absolute atomic E-state index is 0.272. The van der Waals surface area contributed by atoms with Gasteiger partial charge in [0.25, 0.3) is 0 Å². The van der Waals surface area contributed by atoms with Crippen LogP contribution in [0.4, 0.5) is 0 Å². The van der Waals surface area contributed by atoms with Gasteiger partial charge in [-0.05, 0) is 42.9 Å². The Kier molecular flexibility index (Phi) is 3.17. The molecule has 2 saturated carbocycles. The maximum absolute atomic E-state index is 12.0. The molecule has 0 aromatic heterocycles. The Hall–Kier alpha value is -0.660. The van der Waals surface area contributed by atoms with Crippen LogP contribution in [0.5, 0.6) is 0 Å². The monoisotopic (exact) mass is 236 g/mol. The van der Waals surface area contributed by atoms with Gasteiger partial charge in [-0.2, -0.15) is 0 Å². The van der Waals surface area contributed by atoms with Gasteiger partial charge >= 0.3 is 0 Å². The number of carbonyl (C=O) groups is 2. The van der Waals surface area contributed by atoms with Gasteiger partial charge in [0.15, 0.2) is 0 Å². The van der Waals surface area contributed by atoms with Gasteiger partial charge in [0.2, 0.25) is 0 Å². The average Bonchev–Trinajstić information content (AvgIpc) is 2.57. The smallest absolute Gasteiger partial charge is 0.136 e. The standard InChI is InChI=1S/C15H24O2/c1-9-5-8-12(17)13(9)14-11(15(14,3)4)7-6-10(2)16/h9,11,13-14H,5-8H2,1-4H3/t9-,11+,13+,14+/m1/s1. The van der Waals surface area contributed by atoms with Crippen molar-refractivity contribution >= 4 is 11.6 Å². The van der Waals surface area contributed by atoms with Gasteiger partial charge in [-0.15, -0.1) is 0 Å². The minimum atomic E-state index is 0.272. The fourth-order valence-electron chi connectivity index (χ4n) is 4.00. The van der Waals surface area contributed by atoms with E-state index in [2.05, 4.69) is 20.8 Å². The number of carbonyl (C=O) groups excluding carboxylic acids is 2. The lowest BCUT2D eigenvalue weighted by atomic mass is 9.88. The quantitative estimate of drug-likeness (QED) is 0.751. The van der Waals surface area contributed by atoms with E-state index in [0.717, 1.165) is 19.3 Å². The Balaban J connectivity index is 2.02. The van der Waals surface area contributed by atoms with Gasteiger partial charge < -0.3 is 4.79 Å². The summed E-state index contributed by atoms with van der Waals surface area (Å²) in [4.78, 5) is 23.0. The molecule has 0 aliphatic heterocycles. The summed E-state index contributed by atoms with van der Waals surface area (Å²) < 4.78 is 0. The van der Waals surface area contributed by atoms with Gasteiger partial charge in [0.1, 0.15) is 11.6 Å². The van der Waals surface area contributed by atoms with Crippen LogP contribution in [0, 0.1) is 29.1 Å². The summed E-state index contributed by atoms with van der Waals surface area (Å²) in [7, 11) is 0. The number of hydrogen-bond donors (Lipinski definition) is 0. The molecule has 0 aromatic carbocycles. The third-order valence-electron chi connectivity index (χ3n) is 5.16. The molecule has 0 radical (unpaired) electrons. The summed E-state index contributed by atoms with van der Waals surface area (Å²) in [5, 5.41) is 0. The molecule has 96 valence electrons. The molecule has 2 nitrogen and oxygen atoms in total. The molecule has 0 heterocycles. The molecular formula is C15H24O2. The van der Waals surface area contributed by atoms with Crippen molar-refractivity contribution in [1.29, 1.82) is 0 Å². The summed E-state index contributed by atoms with van der Waals surface area (Å²) in [6.45, 7) is 8.40. The molecule has 0 bridgehead atoms. The summed E-state index contributed by atoms with van der Waals surface area (Å²) in [6.07, 6.45) is 3.50. The molecular weight excluding hydrogens is 212 g/mol. The predicted octanol–water partition coefficient (Wildman–Crippen LogP) is 3.24. The first-order chi connectivity index (χ1) is 7.85. The van der Waals surface area contributed by atoms with Crippen LogP contribution in [0.2, 0.25) is 0 Å². The van der Waals surface area contributed by atoms with Gasteiger partial charge in [-0.1, -0.05) is 20.8 Å². The van der Waals surface area contributed by atoms with Crippen molar-refractivity contribution in [1.82, 2.24) is 0 Å². The Morgan fingerprint density at radius 1 is 1.41 bits per heavy atom. The predicted molar refractivity (Wildman–Crippen MR) is 67.6 cm³/mol. The van der Waals surface area contributed by atoms with E-state index < -0.39 is 0 Å². The lowest BCUT2D eigenvalue weighted by Gasteiger charge is -2.15. The zero-order valence-electron chi connectivity index (χ0n) is 11.5.